The van der Waals surface area contributed by atoms with Gasteiger partial charge in [0.2, 0.25) is 0 Å². The molecule has 0 aliphatic carbocycles. The molecule has 0 atom stereocenters. The van der Waals surface area contributed by atoms with Crippen molar-refractivity contribution in [3.63, 3.8) is 0 Å². The molecule has 1 aromatic carbocycles. The Morgan fingerprint density at radius 3 is 2.71 bits per heavy atom. The van der Waals surface area contributed by atoms with E-state index >= 15 is 0 Å². The molecule has 0 N–H and O–H groups in total. The van der Waals surface area contributed by atoms with E-state index < -0.39 is 0 Å². The highest BCUT2D eigenvalue weighted by atomic mass is 16.5. The molecule has 0 heterocycles. The normalized spacial score (nSPS) is 10.1. The first-order valence-corrected chi connectivity index (χ1v) is 4.59. The van der Waals surface area contributed by atoms with Gasteiger partial charge in [-0.1, -0.05) is 18.2 Å². The minimum absolute atomic E-state index is 0.546. The molecule has 1 radical (unpaired) electrons. The molecule has 0 aliphatic rings. The number of hydrogen-bond donors (Lipinski definition) is 0. The van der Waals surface area contributed by atoms with Crippen LogP contribution < -0.4 is 4.74 Å². The quantitative estimate of drug-likeness (QED) is 0.617. The van der Waals surface area contributed by atoms with E-state index in [9.17, 15) is 0 Å². The maximum absolute atomic E-state index is 5.36. The van der Waals surface area contributed by atoms with Crippen molar-refractivity contribution in [3.05, 3.63) is 30.3 Å². The van der Waals surface area contributed by atoms with E-state index in [2.05, 4.69) is 6.07 Å². The Labute approximate surface area is 84.6 Å². The summed E-state index contributed by atoms with van der Waals surface area (Å²) in [6.45, 7) is 2.35. The lowest BCUT2D eigenvalue weighted by molar-refractivity contribution is 0.0544. The van der Waals surface area contributed by atoms with Gasteiger partial charge in [-0.05, 0) is 6.07 Å². The molecule has 0 saturated carbocycles. The topological polar surface area (TPSA) is 27.7 Å². The first-order valence-electron chi connectivity index (χ1n) is 4.59. The molecule has 0 saturated heterocycles. The van der Waals surface area contributed by atoms with Crippen molar-refractivity contribution in [2.24, 2.45) is 0 Å². The van der Waals surface area contributed by atoms with Crippen LogP contribution in [0, 0.1) is 6.07 Å². The molecule has 14 heavy (non-hydrogen) atoms. The number of hydrogen-bond acceptors (Lipinski definition) is 3. The van der Waals surface area contributed by atoms with E-state index in [1.807, 2.05) is 24.3 Å². The molecule has 1 aromatic rings. The van der Waals surface area contributed by atoms with Gasteiger partial charge >= 0.3 is 0 Å². The maximum Gasteiger partial charge on any atom is 0.127 e. The smallest absolute Gasteiger partial charge is 0.127 e. The summed E-state index contributed by atoms with van der Waals surface area (Å²) in [6.07, 6.45) is 0. The molecular weight excluding hydrogens is 180 g/mol. The van der Waals surface area contributed by atoms with Gasteiger partial charge in [-0.2, -0.15) is 0 Å². The lowest BCUT2D eigenvalue weighted by Crippen LogP contribution is -2.09. The molecule has 0 amide bonds. The summed E-state index contributed by atoms with van der Waals surface area (Å²) in [6, 6.07) is 10.5. The SMILES string of the molecule is COCCOCCOc1[c]cccc1. The van der Waals surface area contributed by atoms with Crippen molar-refractivity contribution in [1.29, 1.82) is 0 Å². The van der Waals surface area contributed by atoms with Gasteiger partial charge in [0.15, 0.2) is 0 Å². The third-order valence-electron chi connectivity index (χ3n) is 1.60. The van der Waals surface area contributed by atoms with Crippen LogP contribution >= 0.6 is 0 Å². The van der Waals surface area contributed by atoms with E-state index in [0.717, 1.165) is 5.75 Å². The first-order chi connectivity index (χ1) is 6.93. The number of methoxy groups -OCH3 is 1. The van der Waals surface area contributed by atoms with Crippen LogP contribution in [0.15, 0.2) is 24.3 Å². The van der Waals surface area contributed by atoms with Gasteiger partial charge in [0.25, 0.3) is 0 Å². The van der Waals surface area contributed by atoms with E-state index in [1.165, 1.54) is 0 Å². The summed E-state index contributed by atoms with van der Waals surface area (Å²) in [5.41, 5.74) is 0. The molecule has 0 spiro atoms. The summed E-state index contributed by atoms with van der Waals surface area (Å²) in [5.74, 6) is 0.753. The van der Waals surface area contributed by atoms with Crippen LogP contribution in [0.2, 0.25) is 0 Å². The summed E-state index contributed by atoms with van der Waals surface area (Å²) in [7, 11) is 1.65. The predicted octanol–water partition coefficient (Wildman–Crippen LogP) is 1.53. The lowest BCUT2D eigenvalue weighted by atomic mass is 10.3. The fraction of sp³-hybridized carbons (Fsp3) is 0.455. The zero-order chi connectivity index (χ0) is 10.1. The van der Waals surface area contributed by atoms with Gasteiger partial charge in [0, 0.05) is 13.2 Å². The summed E-state index contributed by atoms with van der Waals surface area (Å²) < 4.78 is 15.4. The van der Waals surface area contributed by atoms with Crippen molar-refractivity contribution in [3.8, 4) is 5.75 Å². The number of para-hydroxylation sites is 1. The molecule has 0 unspecified atom stereocenters. The Bertz CT molecular complexity index is 223. The van der Waals surface area contributed by atoms with E-state index in [0.29, 0.717) is 26.4 Å². The second-order valence-electron chi connectivity index (χ2n) is 2.68. The Morgan fingerprint density at radius 1 is 1.14 bits per heavy atom. The van der Waals surface area contributed by atoms with Gasteiger partial charge in [0.1, 0.15) is 12.4 Å². The summed E-state index contributed by atoms with van der Waals surface area (Å²) >= 11 is 0. The molecule has 1 rings (SSSR count). The average Bonchev–Trinajstić information content (AvgIpc) is 2.25. The third-order valence-corrected chi connectivity index (χ3v) is 1.60. The van der Waals surface area contributed by atoms with Gasteiger partial charge in [0.05, 0.1) is 19.8 Å². The number of benzene rings is 1. The standard InChI is InChI=1S/C11H15O3/c1-12-7-8-13-9-10-14-11-5-3-2-4-6-11/h2-5H,7-10H2,1H3. The minimum Gasteiger partial charge on any atom is -0.491 e. The van der Waals surface area contributed by atoms with Crippen LogP contribution in [0.4, 0.5) is 0 Å². The number of ether oxygens (including phenoxy) is 3. The highest BCUT2D eigenvalue weighted by Gasteiger charge is 1.91. The summed E-state index contributed by atoms with van der Waals surface area (Å²) in [5, 5.41) is 0. The van der Waals surface area contributed by atoms with Gasteiger partial charge in [-0.3, -0.25) is 0 Å². The average molecular weight is 195 g/mol. The van der Waals surface area contributed by atoms with Crippen LogP contribution in [0.1, 0.15) is 0 Å². The van der Waals surface area contributed by atoms with Crippen molar-refractivity contribution in [2.75, 3.05) is 33.5 Å². The second kappa shape index (κ2) is 7.35. The van der Waals surface area contributed by atoms with Crippen molar-refractivity contribution in [2.45, 2.75) is 0 Å². The number of rotatable bonds is 7. The van der Waals surface area contributed by atoms with Gasteiger partial charge in [-0.15, -0.1) is 0 Å². The molecule has 0 aliphatic heterocycles. The Kier molecular flexibility index (Phi) is 5.79. The second-order valence-corrected chi connectivity index (χ2v) is 2.68. The fourth-order valence-electron chi connectivity index (χ4n) is 0.922. The van der Waals surface area contributed by atoms with E-state index in [-0.39, 0.29) is 0 Å². The predicted molar refractivity (Wildman–Crippen MR) is 53.5 cm³/mol. The van der Waals surface area contributed by atoms with Crippen LogP contribution in [0.3, 0.4) is 0 Å². The zero-order valence-corrected chi connectivity index (χ0v) is 8.36. The van der Waals surface area contributed by atoms with Crippen LogP contribution in [-0.4, -0.2) is 33.5 Å². The Hall–Kier alpha value is -1.06. The Balaban J connectivity index is 1.99. The fourth-order valence-corrected chi connectivity index (χ4v) is 0.922. The molecule has 77 valence electrons. The van der Waals surface area contributed by atoms with Crippen LogP contribution in [0.25, 0.3) is 0 Å². The monoisotopic (exact) mass is 195 g/mol. The molecule has 0 aromatic heterocycles. The van der Waals surface area contributed by atoms with Crippen molar-refractivity contribution < 1.29 is 14.2 Å². The minimum atomic E-state index is 0.546. The lowest BCUT2D eigenvalue weighted by Gasteiger charge is -2.05. The molecule has 3 heteroatoms. The zero-order valence-electron chi connectivity index (χ0n) is 8.36. The Morgan fingerprint density at radius 2 is 2.00 bits per heavy atom. The van der Waals surface area contributed by atoms with E-state index in [1.54, 1.807) is 7.11 Å². The highest BCUT2D eigenvalue weighted by molar-refractivity contribution is 5.19. The molecular formula is C11H15O3. The van der Waals surface area contributed by atoms with Gasteiger partial charge < -0.3 is 14.2 Å². The van der Waals surface area contributed by atoms with Crippen molar-refractivity contribution >= 4 is 0 Å². The molecule has 0 bridgehead atoms. The van der Waals surface area contributed by atoms with Gasteiger partial charge in [-0.25, -0.2) is 0 Å². The summed E-state index contributed by atoms with van der Waals surface area (Å²) in [4.78, 5) is 0. The largest absolute Gasteiger partial charge is 0.491 e. The van der Waals surface area contributed by atoms with Crippen LogP contribution in [0.5, 0.6) is 5.75 Å². The third kappa shape index (κ3) is 4.84. The van der Waals surface area contributed by atoms with Crippen molar-refractivity contribution in [1.82, 2.24) is 0 Å². The molecule has 0 fully saturated rings. The van der Waals surface area contributed by atoms with E-state index in [4.69, 9.17) is 14.2 Å². The first kappa shape index (κ1) is 11.0. The van der Waals surface area contributed by atoms with Crippen LogP contribution in [-0.2, 0) is 9.47 Å². The highest BCUT2D eigenvalue weighted by Crippen LogP contribution is 2.06. The molecule has 3 nitrogen and oxygen atoms in total. The maximum atomic E-state index is 5.36.